The Bertz CT molecular complexity index is 2040. The van der Waals surface area contributed by atoms with Crippen molar-refractivity contribution >= 4 is 54.7 Å². The van der Waals surface area contributed by atoms with Crippen LogP contribution in [0.4, 0.5) is 17.2 Å². The van der Waals surface area contributed by atoms with Crippen molar-refractivity contribution in [3.8, 4) is 16.9 Å². The zero-order chi connectivity index (χ0) is 33.3. The lowest BCUT2D eigenvalue weighted by Gasteiger charge is -2.40. The predicted molar refractivity (Wildman–Crippen MR) is 193 cm³/mol. The third-order valence-corrected chi connectivity index (χ3v) is 11.4. The molecule has 1 unspecified atom stereocenters. The number of amides is 1. The van der Waals surface area contributed by atoms with Crippen LogP contribution in [0.3, 0.4) is 0 Å². The molecule has 1 aliphatic heterocycles. The first-order valence-corrected chi connectivity index (χ1v) is 18.7. The maximum atomic E-state index is 15.1. The van der Waals surface area contributed by atoms with Gasteiger partial charge in [-0.05, 0) is 71.4 Å². The number of nitrogens with zero attached hydrogens (tertiary/aromatic N) is 3. The van der Waals surface area contributed by atoms with Crippen molar-refractivity contribution in [2.45, 2.75) is 56.0 Å². The van der Waals surface area contributed by atoms with Crippen molar-refractivity contribution < 1.29 is 17.9 Å². The molecule has 0 radical (unpaired) electrons. The van der Waals surface area contributed by atoms with Crippen LogP contribution in [0.15, 0.2) is 95.9 Å². The van der Waals surface area contributed by atoms with Gasteiger partial charge in [0.2, 0.25) is 15.9 Å². The lowest BCUT2D eigenvalue weighted by molar-refractivity contribution is -0.120. The molecule has 0 saturated heterocycles. The van der Waals surface area contributed by atoms with E-state index in [1.165, 1.54) is 36.9 Å². The molecule has 2 aliphatic rings. The number of hydrogen-bond acceptors (Lipinski definition) is 8. The topological polar surface area (TPSA) is 132 Å². The lowest BCUT2D eigenvalue weighted by Crippen LogP contribution is -2.52. The highest BCUT2D eigenvalue weighted by Gasteiger charge is 2.36. The molecule has 4 N–H and O–H groups in total. The molecule has 5 aromatic rings. The minimum atomic E-state index is -3.95. The molecular weight excluding hydrogens is 643 g/mol. The zero-order valence-electron chi connectivity index (χ0n) is 26.6. The second-order valence-corrected chi connectivity index (χ2v) is 15.0. The van der Waals surface area contributed by atoms with E-state index in [-0.39, 0.29) is 10.8 Å². The summed E-state index contributed by atoms with van der Waals surface area (Å²) in [6.07, 6.45) is 6.53. The van der Waals surface area contributed by atoms with Crippen LogP contribution in [-0.2, 0) is 21.4 Å². The Labute approximate surface area is 285 Å². The fourth-order valence-electron chi connectivity index (χ4n) is 7.14. The van der Waals surface area contributed by atoms with Gasteiger partial charge in [0.15, 0.2) is 0 Å². The number of benzene rings is 4. The summed E-state index contributed by atoms with van der Waals surface area (Å²) < 4.78 is 36.2. The number of primary sulfonamides is 1. The number of ether oxygens (including phenoxy) is 1. The van der Waals surface area contributed by atoms with Crippen molar-refractivity contribution in [3.05, 3.63) is 96.6 Å². The summed E-state index contributed by atoms with van der Waals surface area (Å²) in [5, 5.41) is 6.43. The lowest BCUT2D eigenvalue weighted by atomic mass is 9.84. The van der Waals surface area contributed by atoms with Crippen LogP contribution in [0.2, 0.25) is 0 Å². The van der Waals surface area contributed by atoms with E-state index in [0.29, 0.717) is 54.0 Å². The van der Waals surface area contributed by atoms with Crippen molar-refractivity contribution in [1.82, 2.24) is 4.37 Å². The van der Waals surface area contributed by atoms with Gasteiger partial charge in [0.05, 0.1) is 21.8 Å². The molecule has 48 heavy (non-hydrogen) atoms. The molecular formula is C37H39N5O4S2. The summed E-state index contributed by atoms with van der Waals surface area (Å²) >= 11 is 1.38. The van der Waals surface area contributed by atoms with Crippen LogP contribution in [0, 0.1) is 5.92 Å². The maximum absolute atomic E-state index is 15.1. The average Bonchev–Trinajstić information content (AvgIpc) is 3.49. The number of nitrogen functional groups attached to an aromatic ring is 1. The van der Waals surface area contributed by atoms with Gasteiger partial charge in [0.25, 0.3) is 0 Å². The summed E-state index contributed by atoms with van der Waals surface area (Å²) in [5.74, 6) is 1.46. The third kappa shape index (κ3) is 6.63. The van der Waals surface area contributed by atoms with Gasteiger partial charge >= 0.3 is 0 Å². The number of nitrogens with two attached hydrogens (primary N) is 2. The van der Waals surface area contributed by atoms with Crippen LogP contribution in [0.25, 0.3) is 21.2 Å². The Morgan fingerprint density at radius 1 is 0.979 bits per heavy atom. The number of aromatic nitrogens is 1. The maximum Gasteiger partial charge on any atom is 0.249 e. The van der Waals surface area contributed by atoms with E-state index in [2.05, 4.69) is 33.5 Å². The van der Waals surface area contributed by atoms with E-state index < -0.39 is 16.1 Å². The number of fused-ring (bicyclic) bond motifs is 2. The first kappa shape index (κ1) is 32.1. The molecule has 248 valence electrons. The first-order chi connectivity index (χ1) is 23.3. The largest absolute Gasteiger partial charge is 0.490 e. The second-order valence-electron chi connectivity index (χ2n) is 12.7. The smallest absolute Gasteiger partial charge is 0.249 e. The Morgan fingerprint density at radius 3 is 2.54 bits per heavy atom. The minimum Gasteiger partial charge on any atom is -0.490 e. The molecule has 7 rings (SSSR count). The molecule has 1 saturated carbocycles. The number of carbonyl (C=O) groups is 1. The summed E-state index contributed by atoms with van der Waals surface area (Å²) in [6.45, 7) is 1.27. The van der Waals surface area contributed by atoms with Crippen LogP contribution in [0.1, 0.15) is 44.1 Å². The first-order valence-electron chi connectivity index (χ1n) is 16.4. The predicted octanol–water partition coefficient (Wildman–Crippen LogP) is 6.96. The van der Waals surface area contributed by atoms with E-state index in [9.17, 15) is 8.42 Å². The van der Waals surface area contributed by atoms with Gasteiger partial charge in [-0.25, -0.2) is 13.6 Å². The second kappa shape index (κ2) is 13.6. The molecule has 4 aromatic carbocycles. The molecule has 0 bridgehead atoms. The molecule has 0 spiro atoms. The number of sulfonamides is 1. The van der Waals surface area contributed by atoms with Crippen molar-refractivity contribution in [2.24, 2.45) is 11.1 Å². The van der Waals surface area contributed by atoms with Crippen molar-refractivity contribution in [2.75, 3.05) is 28.7 Å². The van der Waals surface area contributed by atoms with Gasteiger partial charge < -0.3 is 20.3 Å². The standard InChI is InChI=1S/C37H39N5O4S2/c38-36-30-23-28(16-18-34(30)47-40-36)42(24-26-11-5-2-6-12-26)32(21-25-9-3-1-4-10-25)37(43)41-19-20-46-33-22-27(15-17-31(33)41)29-13-7-8-14-35(29)48(39,44)45/h2,5-8,11-18,22-23,25,32H,1,3-4,9-10,19-21,24H2,(H2,38,40)(H2,39,44,45). The molecule has 1 atom stereocenters. The molecule has 2 heterocycles. The SMILES string of the molecule is Nc1nsc2ccc(N(Cc3ccccc3)C(CC3CCCCC3)C(=O)N3CCOc4cc(-c5ccccc5S(N)(=O)=O)ccc43)cc12. The highest BCUT2D eigenvalue weighted by molar-refractivity contribution is 7.89. The van der Waals surface area contributed by atoms with Crippen LogP contribution >= 0.6 is 11.5 Å². The molecule has 11 heteroatoms. The van der Waals surface area contributed by atoms with Gasteiger partial charge in [-0.2, -0.15) is 4.37 Å². The molecule has 1 amide bonds. The monoisotopic (exact) mass is 681 g/mol. The van der Waals surface area contributed by atoms with E-state index in [0.717, 1.165) is 40.6 Å². The van der Waals surface area contributed by atoms with Gasteiger partial charge in [-0.1, -0.05) is 86.7 Å². The third-order valence-electron chi connectivity index (χ3n) is 9.55. The summed E-state index contributed by atoms with van der Waals surface area (Å²) in [6, 6.07) is 28.1. The van der Waals surface area contributed by atoms with Crippen LogP contribution < -0.4 is 25.4 Å². The van der Waals surface area contributed by atoms with E-state index in [1.807, 2.05) is 41.3 Å². The quantitative estimate of drug-likeness (QED) is 0.172. The van der Waals surface area contributed by atoms with Crippen LogP contribution in [0.5, 0.6) is 5.75 Å². The van der Waals surface area contributed by atoms with Gasteiger partial charge in [-0.3, -0.25) is 4.79 Å². The Morgan fingerprint density at radius 2 is 1.75 bits per heavy atom. The Hall–Kier alpha value is -4.45. The van der Waals surface area contributed by atoms with E-state index in [4.69, 9.17) is 15.6 Å². The Balaban J connectivity index is 1.29. The summed E-state index contributed by atoms with van der Waals surface area (Å²) in [5.41, 5.74) is 10.1. The normalized spacial score (nSPS) is 15.9. The zero-order valence-corrected chi connectivity index (χ0v) is 28.3. The van der Waals surface area contributed by atoms with Gasteiger partial charge in [0, 0.05) is 23.2 Å². The molecule has 1 aliphatic carbocycles. The molecule has 1 aromatic heterocycles. The van der Waals surface area contributed by atoms with Crippen LogP contribution in [-0.4, -0.2) is 37.9 Å². The van der Waals surface area contributed by atoms with E-state index in [1.54, 1.807) is 24.3 Å². The highest BCUT2D eigenvalue weighted by atomic mass is 32.2. The highest BCUT2D eigenvalue weighted by Crippen LogP contribution is 2.40. The minimum absolute atomic E-state index is 0.00949. The molecule has 9 nitrogen and oxygen atoms in total. The summed E-state index contributed by atoms with van der Waals surface area (Å²) in [7, 11) is -3.95. The number of rotatable bonds is 9. The van der Waals surface area contributed by atoms with Crippen molar-refractivity contribution in [1.29, 1.82) is 0 Å². The fourth-order valence-corrected chi connectivity index (χ4v) is 8.58. The summed E-state index contributed by atoms with van der Waals surface area (Å²) in [4.78, 5) is 19.2. The van der Waals surface area contributed by atoms with E-state index >= 15 is 4.79 Å². The average molecular weight is 682 g/mol. The molecule has 1 fully saturated rings. The Kier molecular flexibility index (Phi) is 9.09. The number of hydrogen-bond donors (Lipinski definition) is 2. The van der Waals surface area contributed by atoms with Crippen molar-refractivity contribution in [3.63, 3.8) is 0 Å². The fraction of sp³-hybridized carbons (Fsp3) is 0.297. The number of anilines is 3. The van der Waals surface area contributed by atoms with Gasteiger partial charge in [0.1, 0.15) is 24.2 Å². The number of carbonyl (C=O) groups excluding carboxylic acids is 1. The van der Waals surface area contributed by atoms with Gasteiger partial charge in [-0.15, -0.1) is 0 Å².